The highest BCUT2D eigenvalue weighted by molar-refractivity contribution is 5.59. The molecule has 0 aliphatic carbocycles. The molecule has 1 aliphatic heterocycles. The van der Waals surface area contributed by atoms with E-state index in [-0.39, 0.29) is 11.8 Å². The quantitative estimate of drug-likeness (QED) is 0.608. The second kappa shape index (κ2) is 4.09. The lowest BCUT2D eigenvalue weighted by molar-refractivity contribution is -0.384. The molecule has 1 fully saturated rings. The van der Waals surface area contributed by atoms with Gasteiger partial charge in [0.1, 0.15) is 0 Å². The van der Waals surface area contributed by atoms with Gasteiger partial charge in [-0.3, -0.25) is 10.1 Å². The van der Waals surface area contributed by atoms with Crippen LogP contribution in [0.1, 0.15) is 12.0 Å². The molecule has 0 spiro atoms. The molecule has 2 rings (SSSR count). The second-order valence-electron chi connectivity index (χ2n) is 4.12. The number of hydrogen-bond acceptors (Lipinski definition) is 4. The second-order valence-corrected chi connectivity index (χ2v) is 4.12. The van der Waals surface area contributed by atoms with Gasteiger partial charge in [-0.25, -0.2) is 0 Å². The van der Waals surface area contributed by atoms with Crippen molar-refractivity contribution < 1.29 is 10.0 Å². The maximum Gasteiger partial charge on any atom is 0.271 e. The molecule has 16 heavy (non-hydrogen) atoms. The summed E-state index contributed by atoms with van der Waals surface area (Å²) in [5, 5.41) is 20.1. The lowest BCUT2D eigenvalue weighted by Gasteiger charge is -2.19. The van der Waals surface area contributed by atoms with Crippen LogP contribution in [0, 0.1) is 17.0 Å². The molecule has 0 aromatic heterocycles. The fraction of sp³-hybridized carbons (Fsp3) is 0.455. The zero-order valence-electron chi connectivity index (χ0n) is 9.09. The number of rotatable bonds is 2. The molecular formula is C11H14N2O3. The van der Waals surface area contributed by atoms with Gasteiger partial charge in [-0.2, -0.15) is 0 Å². The third kappa shape index (κ3) is 1.99. The number of aliphatic hydroxyl groups excluding tert-OH is 1. The SMILES string of the molecule is Cc1ccc([N+](=O)[O-])cc1N1CCC(O)C1. The number of β-amino-alcohol motifs (C(OH)–C–C–N with tert-alkyl or cyclic N) is 1. The van der Waals surface area contributed by atoms with Gasteiger partial charge >= 0.3 is 0 Å². The molecule has 1 atom stereocenters. The molecular weight excluding hydrogens is 208 g/mol. The third-order valence-electron chi connectivity index (χ3n) is 2.91. The van der Waals surface area contributed by atoms with Crippen molar-refractivity contribution in [3.8, 4) is 0 Å². The third-order valence-corrected chi connectivity index (χ3v) is 2.91. The molecule has 0 bridgehead atoms. The fourth-order valence-corrected chi connectivity index (χ4v) is 2.01. The average molecular weight is 222 g/mol. The summed E-state index contributed by atoms with van der Waals surface area (Å²) in [6, 6.07) is 4.83. The predicted octanol–water partition coefficient (Wildman–Crippen LogP) is 1.47. The van der Waals surface area contributed by atoms with Gasteiger partial charge in [0.2, 0.25) is 0 Å². The van der Waals surface area contributed by atoms with Gasteiger partial charge in [0.25, 0.3) is 5.69 Å². The largest absolute Gasteiger partial charge is 0.391 e. The number of non-ortho nitro benzene ring substituents is 1. The molecule has 1 saturated heterocycles. The molecule has 1 unspecified atom stereocenters. The highest BCUT2D eigenvalue weighted by atomic mass is 16.6. The molecule has 0 radical (unpaired) electrons. The van der Waals surface area contributed by atoms with Crippen LogP contribution in [0.25, 0.3) is 0 Å². The summed E-state index contributed by atoms with van der Waals surface area (Å²) in [4.78, 5) is 12.3. The Morgan fingerprint density at radius 2 is 2.31 bits per heavy atom. The van der Waals surface area contributed by atoms with Crippen LogP contribution in [0.3, 0.4) is 0 Å². The molecule has 5 nitrogen and oxygen atoms in total. The van der Waals surface area contributed by atoms with Crippen molar-refractivity contribution in [1.29, 1.82) is 0 Å². The monoisotopic (exact) mass is 222 g/mol. The molecule has 0 amide bonds. The van der Waals surface area contributed by atoms with E-state index in [1.54, 1.807) is 12.1 Å². The van der Waals surface area contributed by atoms with Crippen LogP contribution >= 0.6 is 0 Å². The predicted molar refractivity (Wildman–Crippen MR) is 60.7 cm³/mol. The summed E-state index contributed by atoms with van der Waals surface area (Å²) < 4.78 is 0. The lowest BCUT2D eigenvalue weighted by Crippen LogP contribution is -2.22. The van der Waals surface area contributed by atoms with E-state index in [1.807, 2.05) is 11.8 Å². The normalized spacial score (nSPS) is 20.1. The number of benzene rings is 1. The molecule has 1 heterocycles. The standard InChI is InChI=1S/C11H14N2O3/c1-8-2-3-9(13(15)16)6-11(8)12-5-4-10(14)7-12/h2-3,6,10,14H,4-5,7H2,1H3. The van der Waals surface area contributed by atoms with E-state index in [4.69, 9.17) is 0 Å². The van der Waals surface area contributed by atoms with Crippen LogP contribution in [0.2, 0.25) is 0 Å². The van der Waals surface area contributed by atoms with Crippen molar-refractivity contribution in [3.05, 3.63) is 33.9 Å². The van der Waals surface area contributed by atoms with Crippen molar-refractivity contribution in [2.75, 3.05) is 18.0 Å². The van der Waals surface area contributed by atoms with Crippen LogP contribution in [0.4, 0.5) is 11.4 Å². The minimum absolute atomic E-state index is 0.0991. The molecule has 1 N–H and O–H groups in total. The Morgan fingerprint density at radius 1 is 1.56 bits per heavy atom. The molecule has 86 valence electrons. The number of aryl methyl sites for hydroxylation is 1. The number of aliphatic hydroxyl groups is 1. The molecule has 0 saturated carbocycles. The first-order chi connectivity index (χ1) is 7.58. The lowest BCUT2D eigenvalue weighted by atomic mass is 10.1. The summed E-state index contributed by atoms with van der Waals surface area (Å²) in [6.07, 6.45) is 0.404. The minimum atomic E-state index is -0.393. The van der Waals surface area contributed by atoms with E-state index >= 15 is 0 Å². The molecule has 5 heteroatoms. The highest BCUT2D eigenvalue weighted by Gasteiger charge is 2.22. The maximum absolute atomic E-state index is 10.7. The summed E-state index contributed by atoms with van der Waals surface area (Å²) >= 11 is 0. The number of nitro groups is 1. The van der Waals surface area contributed by atoms with Crippen molar-refractivity contribution in [1.82, 2.24) is 0 Å². The van der Waals surface area contributed by atoms with E-state index < -0.39 is 4.92 Å². The molecule has 1 aromatic rings. The zero-order valence-corrected chi connectivity index (χ0v) is 9.09. The Kier molecular flexibility index (Phi) is 2.78. The Balaban J connectivity index is 2.32. The van der Waals surface area contributed by atoms with Gasteiger partial charge in [-0.1, -0.05) is 6.07 Å². The van der Waals surface area contributed by atoms with Gasteiger partial charge in [0, 0.05) is 30.9 Å². The first kappa shape index (κ1) is 10.9. The van der Waals surface area contributed by atoms with E-state index in [0.29, 0.717) is 6.54 Å². The number of hydrogen-bond donors (Lipinski definition) is 1. The first-order valence-corrected chi connectivity index (χ1v) is 5.26. The van der Waals surface area contributed by atoms with Gasteiger partial charge in [-0.15, -0.1) is 0 Å². The van der Waals surface area contributed by atoms with Crippen LogP contribution in [0.5, 0.6) is 0 Å². The first-order valence-electron chi connectivity index (χ1n) is 5.26. The van der Waals surface area contributed by atoms with Crippen LogP contribution in [-0.2, 0) is 0 Å². The van der Waals surface area contributed by atoms with Gasteiger partial charge in [0.15, 0.2) is 0 Å². The summed E-state index contributed by atoms with van der Waals surface area (Å²) in [6.45, 7) is 3.23. The topological polar surface area (TPSA) is 66.6 Å². The van der Waals surface area contributed by atoms with Gasteiger partial charge in [-0.05, 0) is 18.9 Å². The number of anilines is 1. The number of nitro benzene ring substituents is 1. The smallest absolute Gasteiger partial charge is 0.271 e. The van der Waals surface area contributed by atoms with E-state index in [2.05, 4.69) is 0 Å². The van der Waals surface area contributed by atoms with Crippen LogP contribution < -0.4 is 4.90 Å². The van der Waals surface area contributed by atoms with E-state index in [0.717, 1.165) is 24.2 Å². The van der Waals surface area contributed by atoms with Crippen molar-refractivity contribution in [2.24, 2.45) is 0 Å². The molecule has 1 aliphatic rings. The van der Waals surface area contributed by atoms with Crippen LogP contribution in [-0.4, -0.2) is 29.2 Å². The van der Waals surface area contributed by atoms with Crippen LogP contribution in [0.15, 0.2) is 18.2 Å². The van der Waals surface area contributed by atoms with Gasteiger partial charge < -0.3 is 10.0 Å². The molecule has 1 aromatic carbocycles. The van der Waals surface area contributed by atoms with E-state index in [9.17, 15) is 15.2 Å². The van der Waals surface area contributed by atoms with E-state index in [1.165, 1.54) is 6.07 Å². The Morgan fingerprint density at radius 3 is 2.88 bits per heavy atom. The Bertz CT molecular complexity index is 420. The summed E-state index contributed by atoms with van der Waals surface area (Å²) in [5.74, 6) is 0. The Hall–Kier alpha value is -1.62. The maximum atomic E-state index is 10.7. The van der Waals surface area contributed by atoms with Gasteiger partial charge in [0.05, 0.1) is 11.0 Å². The summed E-state index contributed by atoms with van der Waals surface area (Å²) in [7, 11) is 0. The van der Waals surface area contributed by atoms with Crippen molar-refractivity contribution in [2.45, 2.75) is 19.4 Å². The van der Waals surface area contributed by atoms with Crippen molar-refractivity contribution >= 4 is 11.4 Å². The minimum Gasteiger partial charge on any atom is -0.391 e. The number of nitrogens with zero attached hydrogens (tertiary/aromatic N) is 2. The summed E-state index contributed by atoms with van der Waals surface area (Å²) in [5.41, 5.74) is 1.95. The fourth-order valence-electron chi connectivity index (χ4n) is 2.01. The zero-order chi connectivity index (χ0) is 11.7. The highest BCUT2D eigenvalue weighted by Crippen LogP contribution is 2.28. The average Bonchev–Trinajstić information content (AvgIpc) is 2.65. The Labute approximate surface area is 93.5 Å². The van der Waals surface area contributed by atoms with Crippen molar-refractivity contribution in [3.63, 3.8) is 0 Å².